The molecule has 2 N–H and O–H groups in total. The summed E-state index contributed by atoms with van der Waals surface area (Å²) in [5.41, 5.74) is 3.55. The molecule has 2 unspecified atom stereocenters. The number of benzene rings is 1. The van der Waals surface area contributed by atoms with Gasteiger partial charge in [0.1, 0.15) is 11.6 Å². The fourth-order valence-corrected chi connectivity index (χ4v) is 5.43. The molecule has 4 aliphatic heterocycles. The minimum Gasteiger partial charge on any atom is -0.493 e. The maximum absolute atomic E-state index is 14.5. The van der Waals surface area contributed by atoms with Crippen LogP contribution in [0.15, 0.2) is 39.8 Å². The number of halogens is 1. The summed E-state index contributed by atoms with van der Waals surface area (Å²) in [7, 11) is 0. The van der Waals surface area contributed by atoms with Gasteiger partial charge in [-0.2, -0.15) is 0 Å². The third-order valence-corrected chi connectivity index (χ3v) is 6.93. The summed E-state index contributed by atoms with van der Waals surface area (Å²) in [5, 5.41) is 8.24. The number of fused-ring (bicyclic) bond motifs is 3. The van der Waals surface area contributed by atoms with Gasteiger partial charge in [0.15, 0.2) is 6.04 Å². The number of hydrogen-bond donors (Lipinski definition) is 2. The monoisotopic (exact) mass is 423 g/mol. The van der Waals surface area contributed by atoms with Crippen molar-refractivity contribution in [2.45, 2.75) is 31.6 Å². The van der Waals surface area contributed by atoms with E-state index in [4.69, 9.17) is 4.74 Å². The second kappa shape index (κ2) is 6.66. The molecule has 30 heavy (non-hydrogen) atoms. The number of carbonyl (C=O) groups is 1. The second-order valence-corrected chi connectivity index (χ2v) is 8.46. The molecule has 2 atom stereocenters. The molecule has 0 saturated heterocycles. The van der Waals surface area contributed by atoms with Crippen molar-refractivity contribution in [2.75, 3.05) is 6.61 Å². The first-order valence-corrected chi connectivity index (χ1v) is 10.7. The largest absolute Gasteiger partial charge is 0.493 e. The van der Waals surface area contributed by atoms with Crippen LogP contribution in [0.25, 0.3) is 5.57 Å². The molecule has 6 rings (SSSR count). The number of thiophene rings is 1. The lowest BCUT2D eigenvalue weighted by molar-refractivity contribution is -0.122. The van der Waals surface area contributed by atoms with Gasteiger partial charge in [0.25, 0.3) is 0 Å². The Morgan fingerprint density at radius 1 is 1.37 bits per heavy atom. The van der Waals surface area contributed by atoms with E-state index >= 15 is 0 Å². The Morgan fingerprint density at radius 3 is 3.23 bits per heavy atom. The molecule has 0 saturated carbocycles. The number of ether oxygens (including phenoxy) is 1. The zero-order chi connectivity index (χ0) is 20.2. The number of aliphatic imine (C=N–C) groups is 2. The SMILES string of the molecule is O=C1NCc2ccsc2C2=CNC(=NCc3c(F)ccc4c3CCO4)N3C=NC1C23. The van der Waals surface area contributed by atoms with E-state index < -0.39 is 6.04 Å². The molecule has 2 aromatic rings. The highest BCUT2D eigenvalue weighted by molar-refractivity contribution is 7.11. The van der Waals surface area contributed by atoms with Crippen molar-refractivity contribution in [3.63, 3.8) is 0 Å². The number of carbonyl (C=O) groups excluding carboxylic acids is 1. The van der Waals surface area contributed by atoms with E-state index in [9.17, 15) is 9.18 Å². The van der Waals surface area contributed by atoms with Gasteiger partial charge in [-0.05, 0) is 29.1 Å². The normalized spacial score (nSPS) is 24.8. The number of rotatable bonds is 2. The quantitative estimate of drug-likeness (QED) is 0.775. The van der Waals surface area contributed by atoms with E-state index in [0.29, 0.717) is 31.1 Å². The predicted molar refractivity (Wildman–Crippen MR) is 112 cm³/mol. The van der Waals surface area contributed by atoms with E-state index in [1.165, 1.54) is 6.07 Å². The first-order valence-electron chi connectivity index (χ1n) is 9.81. The van der Waals surface area contributed by atoms with E-state index in [0.717, 1.165) is 27.3 Å². The Balaban J connectivity index is 1.38. The Labute approximate surface area is 176 Å². The molecule has 9 heteroatoms. The number of amides is 1. The van der Waals surface area contributed by atoms with Crippen LogP contribution in [0.4, 0.5) is 4.39 Å². The Kier molecular flexibility index (Phi) is 3.92. The first kappa shape index (κ1) is 17.6. The molecular formula is C21H18FN5O2S. The van der Waals surface area contributed by atoms with Crippen LogP contribution in [0.5, 0.6) is 5.75 Å². The summed E-state index contributed by atoms with van der Waals surface area (Å²) in [6, 6.07) is 4.33. The van der Waals surface area contributed by atoms with Crippen LogP contribution in [-0.4, -0.2) is 41.8 Å². The van der Waals surface area contributed by atoms with Gasteiger partial charge in [-0.25, -0.2) is 9.38 Å². The molecule has 0 radical (unpaired) electrons. The van der Waals surface area contributed by atoms with Crippen molar-refractivity contribution in [1.29, 1.82) is 0 Å². The summed E-state index contributed by atoms with van der Waals surface area (Å²) in [6.07, 6.45) is 4.24. The summed E-state index contributed by atoms with van der Waals surface area (Å²) in [4.78, 5) is 24.8. The average Bonchev–Trinajstić information content (AvgIpc) is 3.49. The van der Waals surface area contributed by atoms with Gasteiger partial charge in [0, 0.05) is 40.7 Å². The van der Waals surface area contributed by atoms with Crippen LogP contribution in [0, 0.1) is 5.82 Å². The maximum Gasteiger partial charge on any atom is 0.247 e. The van der Waals surface area contributed by atoms with Crippen molar-refractivity contribution < 1.29 is 13.9 Å². The summed E-state index contributed by atoms with van der Waals surface area (Å²) in [5.74, 6) is 0.900. The highest BCUT2D eigenvalue weighted by atomic mass is 32.1. The van der Waals surface area contributed by atoms with Crippen LogP contribution >= 0.6 is 11.3 Å². The van der Waals surface area contributed by atoms with Crippen LogP contribution in [-0.2, 0) is 24.3 Å². The molecule has 1 aromatic carbocycles. The molecule has 152 valence electrons. The lowest BCUT2D eigenvalue weighted by atomic mass is 9.93. The van der Waals surface area contributed by atoms with Gasteiger partial charge in [-0.1, -0.05) is 0 Å². The molecule has 1 amide bonds. The topological polar surface area (TPSA) is 78.3 Å². The molecule has 0 fully saturated rings. The third-order valence-electron chi connectivity index (χ3n) is 5.93. The fraction of sp³-hybridized carbons (Fsp3) is 0.286. The molecule has 5 heterocycles. The lowest BCUT2D eigenvalue weighted by Gasteiger charge is -2.35. The molecule has 4 aliphatic rings. The van der Waals surface area contributed by atoms with Gasteiger partial charge in [0.2, 0.25) is 11.9 Å². The van der Waals surface area contributed by atoms with Gasteiger partial charge in [-0.3, -0.25) is 14.7 Å². The number of nitrogens with zero attached hydrogens (tertiary/aromatic N) is 3. The van der Waals surface area contributed by atoms with Gasteiger partial charge < -0.3 is 15.4 Å². The molecule has 0 aliphatic carbocycles. The van der Waals surface area contributed by atoms with Crippen molar-refractivity contribution in [3.05, 3.63) is 57.2 Å². The highest BCUT2D eigenvalue weighted by Crippen LogP contribution is 2.37. The molecular weight excluding hydrogens is 405 g/mol. The zero-order valence-corrected chi connectivity index (χ0v) is 16.7. The summed E-state index contributed by atoms with van der Waals surface area (Å²) in [6.45, 7) is 1.24. The van der Waals surface area contributed by atoms with Crippen LogP contribution in [0.3, 0.4) is 0 Å². The van der Waals surface area contributed by atoms with Crippen molar-refractivity contribution in [2.24, 2.45) is 9.98 Å². The van der Waals surface area contributed by atoms with Crippen molar-refractivity contribution >= 4 is 35.1 Å². The predicted octanol–water partition coefficient (Wildman–Crippen LogP) is 2.03. The minimum atomic E-state index is -0.537. The standard InChI is InChI=1S/C21H18FN5O2S/c22-15-1-2-16-12(3-5-29-16)13(15)8-24-21-25-9-14-18-17(26-10-27(18)21)20(28)23-7-11-4-6-30-19(11)14/h1-2,4,6,9-10,17-18H,3,5,7-8H2,(H,23,28)(H,24,25). The maximum atomic E-state index is 14.5. The van der Waals surface area contributed by atoms with Gasteiger partial charge in [-0.15, -0.1) is 11.3 Å². The Morgan fingerprint density at radius 2 is 2.30 bits per heavy atom. The molecule has 1 aromatic heterocycles. The van der Waals surface area contributed by atoms with Crippen molar-refractivity contribution in [3.8, 4) is 5.75 Å². The Hall–Kier alpha value is -3.20. The third kappa shape index (κ3) is 2.58. The van der Waals surface area contributed by atoms with E-state index in [-0.39, 0.29) is 24.3 Å². The number of hydrogen-bond acceptors (Lipinski definition) is 5. The highest BCUT2D eigenvalue weighted by Gasteiger charge is 2.44. The first-order chi connectivity index (χ1) is 14.7. The fourth-order valence-electron chi connectivity index (χ4n) is 4.45. The van der Waals surface area contributed by atoms with Gasteiger partial charge in [0.05, 0.1) is 25.5 Å². The molecule has 0 bridgehead atoms. The zero-order valence-electron chi connectivity index (χ0n) is 15.9. The van der Waals surface area contributed by atoms with Gasteiger partial charge >= 0.3 is 0 Å². The van der Waals surface area contributed by atoms with Crippen LogP contribution in [0.2, 0.25) is 0 Å². The van der Waals surface area contributed by atoms with Crippen LogP contribution in [0.1, 0.15) is 21.6 Å². The minimum absolute atomic E-state index is 0.105. The Bertz CT molecular complexity index is 1150. The molecule has 7 nitrogen and oxygen atoms in total. The van der Waals surface area contributed by atoms with E-state index in [2.05, 4.69) is 20.6 Å². The van der Waals surface area contributed by atoms with E-state index in [1.807, 2.05) is 22.5 Å². The average molecular weight is 423 g/mol. The van der Waals surface area contributed by atoms with Crippen molar-refractivity contribution in [1.82, 2.24) is 15.5 Å². The lowest BCUT2D eigenvalue weighted by Crippen LogP contribution is -2.53. The summed E-state index contributed by atoms with van der Waals surface area (Å²) >= 11 is 1.65. The summed E-state index contributed by atoms with van der Waals surface area (Å²) < 4.78 is 20.0. The van der Waals surface area contributed by atoms with E-state index in [1.54, 1.807) is 23.7 Å². The van der Waals surface area contributed by atoms with Crippen LogP contribution < -0.4 is 15.4 Å². The smallest absolute Gasteiger partial charge is 0.247 e. The number of nitrogens with one attached hydrogen (secondary N) is 2. The second-order valence-electron chi connectivity index (χ2n) is 7.54. The molecule has 0 spiro atoms. The number of guanidine groups is 1.